The SMILES string of the molecule is O=C(NCc1cncs1)c1ccc2c(c1)NC(=O)c1ccccc1O2. The van der Waals surface area contributed by atoms with Crippen molar-refractivity contribution < 1.29 is 14.3 Å². The largest absolute Gasteiger partial charge is 0.454 e. The van der Waals surface area contributed by atoms with E-state index in [9.17, 15) is 9.59 Å². The van der Waals surface area contributed by atoms with Crippen LogP contribution in [0.3, 0.4) is 0 Å². The Bertz CT molecular complexity index is 954. The van der Waals surface area contributed by atoms with Gasteiger partial charge < -0.3 is 15.4 Å². The lowest BCUT2D eigenvalue weighted by molar-refractivity contribution is 0.0950. The smallest absolute Gasteiger partial charge is 0.259 e. The number of carbonyl (C=O) groups is 2. The lowest BCUT2D eigenvalue weighted by Crippen LogP contribution is -2.22. The first-order valence-corrected chi connectivity index (χ1v) is 8.46. The zero-order valence-electron chi connectivity index (χ0n) is 13.0. The second-order valence-corrected chi connectivity index (χ2v) is 6.38. The van der Waals surface area contributed by atoms with Gasteiger partial charge in [-0.3, -0.25) is 14.6 Å². The van der Waals surface area contributed by atoms with E-state index in [4.69, 9.17) is 4.74 Å². The summed E-state index contributed by atoms with van der Waals surface area (Å²) in [6, 6.07) is 12.0. The standard InChI is InChI=1S/C18H13N3O3S/c22-17(20-9-12-8-19-10-25-12)11-5-6-16-14(7-11)21-18(23)13-3-1-2-4-15(13)24-16/h1-8,10H,9H2,(H,20,22)(H,21,23). The molecule has 2 aromatic carbocycles. The molecule has 25 heavy (non-hydrogen) atoms. The van der Waals surface area contributed by atoms with Crippen LogP contribution in [0.4, 0.5) is 5.69 Å². The van der Waals surface area contributed by atoms with Crippen molar-refractivity contribution in [2.75, 3.05) is 5.32 Å². The number of carbonyl (C=O) groups excluding carboxylic acids is 2. The van der Waals surface area contributed by atoms with Crippen molar-refractivity contribution in [3.05, 3.63) is 70.2 Å². The van der Waals surface area contributed by atoms with Crippen LogP contribution in [0.1, 0.15) is 25.6 Å². The number of nitrogens with one attached hydrogen (secondary N) is 2. The maximum atomic E-state index is 12.3. The van der Waals surface area contributed by atoms with Crippen molar-refractivity contribution in [1.29, 1.82) is 0 Å². The Labute approximate surface area is 147 Å². The van der Waals surface area contributed by atoms with Gasteiger partial charge in [-0.1, -0.05) is 12.1 Å². The van der Waals surface area contributed by atoms with Gasteiger partial charge in [0.15, 0.2) is 5.75 Å². The minimum absolute atomic E-state index is 0.229. The minimum atomic E-state index is -0.267. The van der Waals surface area contributed by atoms with Gasteiger partial charge in [0, 0.05) is 16.6 Å². The van der Waals surface area contributed by atoms with Crippen LogP contribution in [-0.2, 0) is 6.54 Å². The summed E-state index contributed by atoms with van der Waals surface area (Å²) in [7, 11) is 0. The van der Waals surface area contributed by atoms with Gasteiger partial charge in [0.05, 0.1) is 23.3 Å². The maximum Gasteiger partial charge on any atom is 0.259 e. The Hall–Kier alpha value is -3.19. The summed E-state index contributed by atoms with van der Waals surface area (Å²) >= 11 is 1.48. The Kier molecular flexibility index (Phi) is 3.91. The molecule has 0 saturated carbocycles. The molecular formula is C18H13N3O3S. The van der Waals surface area contributed by atoms with Gasteiger partial charge in [0.2, 0.25) is 0 Å². The molecule has 1 aliphatic heterocycles. The topological polar surface area (TPSA) is 80.3 Å². The number of ether oxygens (including phenoxy) is 1. The van der Waals surface area contributed by atoms with Gasteiger partial charge in [-0.2, -0.15) is 0 Å². The third-order valence-corrected chi connectivity index (χ3v) is 4.53. The molecule has 4 rings (SSSR count). The summed E-state index contributed by atoms with van der Waals surface area (Å²) in [5.41, 5.74) is 3.08. The second-order valence-electron chi connectivity index (χ2n) is 5.41. The lowest BCUT2D eigenvalue weighted by atomic mass is 10.1. The summed E-state index contributed by atoms with van der Waals surface area (Å²) in [4.78, 5) is 29.6. The van der Waals surface area contributed by atoms with Crippen LogP contribution in [0.25, 0.3) is 0 Å². The monoisotopic (exact) mass is 351 g/mol. The molecule has 6 nitrogen and oxygen atoms in total. The summed E-state index contributed by atoms with van der Waals surface area (Å²) in [5.74, 6) is 0.488. The average molecular weight is 351 g/mol. The molecule has 2 heterocycles. The first-order chi connectivity index (χ1) is 12.2. The van der Waals surface area contributed by atoms with Crippen molar-refractivity contribution in [2.45, 2.75) is 6.54 Å². The zero-order chi connectivity index (χ0) is 17.2. The maximum absolute atomic E-state index is 12.3. The van der Waals surface area contributed by atoms with E-state index in [0.717, 1.165) is 4.88 Å². The summed E-state index contributed by atoms with van der Waals surface area (Å²) < 4.78 is 5.80. The first kappa shape index (κ1) is 15.3. The molecule has 0 saturated heterocycles. The molecule has 0 spiro atoms. The molecule has 3 aromatic rings. The summed E-state index contributed by atoms with van der Waals surface area (Å²) in [6.45, 7) is 0.412. The van der Waals surface area contributed by atoms with Gasteiger partial charge in [0.25, 0.3) is 11.8 Å². The number of aromatic nitrogens is 1. The lowest BCUT2D eigenvalue weighted by Gasteiger charge is -2.10. The van der Waals surface area contributed by atoms with E-state index >= 15 is 0 Å². The fraction of sp³-hybridized carbons (Fsp3) is 0.0556. The number of amides is 2. The molecule has 2 N–H and O–H groups in total. The van der Waals surface area contributed by atoms with Gasteiger partial charge in [-0.05, 0) is 30.3 Å². The highest BCUT2D eigenvalue weighted by atomic mass is 32.1. The molecule has 0 unspecified atom stereocenters. The predicted molar refractivity (Wildman–Crippen MR) is 94.2 cm³/mol. The van der Waals surface area contributed by atoms with Crippen molar-refractivity contribution in [3.63, 3.8) is 0 Å². The highest BCUT2D eigenvalue weighted by Gasteiger charge is 2.21. The Balaban J connectivity index is 1.57. The molecule has 1 aromatic heterocycles. The molecule has 1 aliphatic rings. The van der Waals surface area contributed by atoms with Gasteiger partial charge >= 0.3 is 0 Å². The second kappa shape index (κ2) is 6.37. The van der Waals surface area contributed by atoms with E-state index < -0.39 is 0 Å². The third-order valence-electron chi connectivity index (χ3n) is 3.75. The number of hydrogen-bond donors (Lipinski definition) is 2. The number of rotatable bonds is 3. The predicted octanol–water partition coefficient (Wildman–Crippen LogP) is 3.43. The normalized spacial score (nSPS) is 12.2. The van der Waals surface area contributed by atoms with Crippen LogP contribution < -0.4 is 15.4 Å². The fourth-order valence-electron chi connectivity index (χ4n) is 2.51. The van der Waals surface area contributed by atoms with Crippen molar-refractivity contribution >= 4 is 28.8 Å². The third kappa shape index (κ3) is 3.09. The van der Waals surface area contributed by atoms with E-state index in [1.54, 1.807) is 54.2 Å². The van der Waals surface area contributed by atoms with E-state index in [-0.39, 0.29) is 11.8 Å². The Morgan fingerprint density at radius 3 is 2.92 bits per heavy atom. The minimum Gasteiger partial charge on any atom is -0.454 e. The van der Waals surface area contributed by atoms with Gasteiger partial charge in [-0.15, -0.1) is 11.3 Å². The quantitative estimate of drug-likeness (QED) is 0.757. The van der Waals surface area contributed by atoms with Crippen LogP contribution in [-0.4, -0.2) is 16.8 Å². The van der Waals surface area contributed by atoms with Gasteiger partial charge in [0.1, 0.15) is 5.75 Å². The number of anilines is 1. The highest BCUT2D eigenvalue weighted by Crippen LogP contribution is 2.35. The molecule has 2 amide bonds. The zero-order valence-corrected chi connectivity index (χ0v) is 13.8. The van der Waals surface area contributed by atoms with Crippen LogP contribution in [0.15, 0.2) is 54.2 Å². The molecular weight excluding hydrogens is 338 g/mol. The number of para-hydroxylation sites is 1. The first-order valence-electron chi connectivity index (χ1n) is 7.58. The molecule has 0 atom stereocenters. The van der Waals surface area contributed by atoms with Crippen molar-refractivity contribution in [1.82, 2.24) is 10.3 Å². The molecule has 0 aliphatic carbocycles. The average Bonchev–Trinajstić information content (AvgIpc) is 3.10. The van der Waals surface area contributed by atoms with Crippen molar-refractivity contribution in [2.24, 2.45) is 0 Å². The van der Waals surface area contributed by atoms with E-state index in [0.29, 0.717) is 34.9 Å². The van der Waals surface area contributed by atoms with Crippen LogP contribution >= 0.6 is 11.3 Å². The number of nitrogens with zero attached hydrogens (tertiary/aromatic N) is 1. The summed E-state index contributed by atoms with van der Waals surface area (Å²) in [6.07, 6.45) is 1.72. The number of fused-ring (bicyclic) bond motifs is 2. The van der Waals surface area contributed by atoms with E-state index in [1.807, 2.05) is 0 Å². The Morgan fingerprint density at radius 2 is 2.08 bits per heavy atom. The number of hydrogen-bond acceptors (Lipinski definition) is 5. The molecule has 0 bridgehead atoms. The fourth-order valence-corrected chi connectivity index (χ4v) is 3.04. The van der Waals surface area contributed by atoms with Crippen LogP contribution in [0, 0.1) is 0 Å². The van der Waals surface area contributed by atoms with Gasteiger partial charge in [-0.25, -0.2) is 0 Å². The number of thiazole rings is 1. The van der Waals surface area contributed by atoms with Crippen LogP contribution in [0.2, 0.25) is 0 Å². The van der Waals surface area contributed by atoms with Crippen molar-refractivity contribution in [3.8, 4) is 11.5 Å². The number of benzene rings is 2. The summed E-state index contributed by atoms with van der Waals surface area (Å²) in [5, 5.41) is 5.62. The molecule has 7 heteroatoms. The molecule has 124 valence electrons. The Morgan fingerprint density at radius 1 is 1.20 bits per heavy atom. The van der Waals surface area contributed by atoms with E-state index in [1.165, 1.54) is 11.3 Å². The van der Waals surface area contributed by atoms with Crippen LogP contribution in [0.5, 0.6) is 11.5 Å². The van der Waals surface area contributed by atoms with E-state index in [2.05, 4.69) is 15.6 Å². The molecule has 0 radical (unpaired) electrons. The highest BCUT2D eigenvalue weighted by molar-refractivity contribution is 7.09. The molecule has 0 fully saturated rings.